The van der Waals surface area contributed by atoms with Crippen LogP contribution in [0.15, 0.2) is 18.2 Å². The molecule has 0 radical (unpaired) electrons. The van der Waals surface area contributed by atoms with Gasteiger partial charge < -0.3 is 10.2 Å². The van der Waals surface area contributed by atoms with Gasteiger partial charge in [0.2, 0.25) is 0 Å². The van der Waals surface area contributed by atoms with Gasteiger partial charge in [0, 0.05) is 24.8 Å². The van der Waals surface area contributed by atoms with Crippen LogP contribution in [0.25, 0.3) is 0 Å². The maximum absolute atomic E-state index is 11.9. The van der Waals surface area contributed by atoms with Crippen molar-refractivity contribution >= 4 is 34.8 Å². The number of piperidine rings is 1. The molecule has 2 rings (SSSR count). The highest BCUT2D eigenvalue weighted by Gasteiger charge is 2.24. The number of hydrogen-bond donors (Lipinski definition) is 1. The fourth-order valence-electron chi connectivity index (χ4n) is 2.16. The van der Waals surface area contributed by atoms with Crippen molar-refractivity contribution in [1.82, 2.24) is 4.90 Å². The highest BCUT2D eigenvalue weighted by Crippen LogP contribution is 2.27. The first-order chi connectivity index (χ1) is 9.99. The number of nitrogens with one attached hydrogen (secondary N) is 1. The molecule has 0 aliphatic carbocycles. The zero-order valence-electron chi connectivity index (χ0n) is 11.2. The lowest BCUT2D eigenvalue weighted by molar-refractivity contribution is -0.384. The highest BCUT2D eigenvalue weighted by atomic mass is 35.5. The van der Waals surface area contributed by atoms with E-state index in [2.05, 4.69) is 5.32 Å². The molecule has 0 spiro atoms. The Morgan fingerprint density at radius 3 is 2.52 bits per heavy atom. The average molecular weight is 312 g/mol. The van der Waals surface area contributed by atoms with E-state index < -0.39 is 16.7 Å². The van der Waals surface area contributed by atoms with E-state index in [1.54, 1.807) is 0 Å². The average Bonchev–Trinajstić information content (AvgIpc) is 2.49. The van der Waals surface area contributed by atoms with Crippen LogP contribution in [0.3, 0.4) is 0 Å². The molecule has 1 aliphatic rings. The van der Waals surface area contributed by atoms with Gasteiger partial charge in [0.1, 0.15) is 5.02 Å². The third kappa shape index (κ3) is 3.69. The van der Waals surface area contributed by atoms with E-state index in [1.165, 1.54) is 17.0 Å². The fourth-order valence-corrected chi connectivity index (χ4v) is 2.34. The predicted octanol–water partition coefficient (Wildman–Crippen LogP) is 2.20. The Hall–Kier alpha value is -2.15. The standard InChI is InChI=1S/C13H14ClN3O4/c14-10-5-4-9(8-11(10)17(20)21)15-12(18)13(19)16-6-2-1-3-7-16/h4-5,8H,1-3,6-7H2,(H,15,18). The van der Waals surface area contributed by atoms with Crippen molar-refractivity contribution in [3.8, 4) is 0 Å². The summed E-state index contributed by atoms with van der Waals surface area (Å²) >= 11 is 5.68. The summed E-state index contributed by atoms with van der Waals surface area (Å²) in [4.78, 5) is 35.4. The number of hydrogen-bond acceptors (Lipinski definition) is 4. The molecule has 1 fully saturated rings. The molecule has 1 saturated heterocycles. The minimum absolute atomic E-state index is 0.0274. The van der Waals surface area contributed by atoms with Crippen molar-refractivity contribution in [3.05, 3.63) is 33.3 Å². The molecule has 0 unspecified atom stereocenters. The van der Waals surface area contributed by atoms with Gasteiger partial charge in [-0.3, -0.25) is 19.7 Å². The predicted molar refractivity (Wildman–Crippen MR) is 77.2 cm³/mol. The monoisotopic (exact) mass is 311 g/mol. The van der Waals surface area contributed by atoms with Gasteiger partial charge in [-0.05, 0) is 31.4 Å². The Kier molecular flexibility index (Phi) is 4.74. The topological polar surface area (TPSA) is 92.5 Å². The summed E-state index contributed by atoms with van der Waals surface area (Å²) in [5.74, 6) is -1.42. The third-order valence-electron chi connectivity index (χ3n) is 3.24. The summed E-state index contributed by atoms with van der Waals surface area (Å²) in [6, 6.07) is 3.85. The molecule has 2 amide bonds. The number of rotatable bonds is 2. The van der Waals surface area contributed by atoms with E-state index in [-0.39, 0.29) is 16.4 Å². The Labute approximate surface area is 126 Å². The van der Waals surface area contributed by atoms with Crippen LogP contribution in [0.2, 0.25) is 5.02 Å². The Balaban J connectivity index is 2.07. The van der Waals surface area contributed by atoms with E-state index in [9.17, 15) is 19.7 Å². The first-order valence-corrected chi connectivity index (χ1v) is 6.91. The van der Waals surface area contributed by atoms with Gasteiger partial charge in [-0.1, -0.05) is 11.6 Å². The van der Waals surface area contributed by atoms with Crippen LogP contribution in [-0.4, -0.2) is 34.7 Å². The second-order valence-corrected chi connectivity index (χ2v) is 5.14. The molecule has 1 heterocycles. The van der Waals surface area contributed by atoms with Gasteiger partial charge in [-0.2, -0.15) is 0 Å². The Morgan fingerprint density at radius 1 is 1.24 bits per heavy atom. The van der Waals surface area contributed by atoms with E-state index in [0.29, 0.717) is 13.1 Å². The smallest absolute Gasteiger partial charge is 0.313 e. The van der Waals surface area contributed by atoms with Crippen molar-refractivity contribution in [1.29, 1.82) is 0 Å². The second kappa shape index (κ2) is 6.53. The molecular weight excluding hydrogens is 298 g/mol. The molecule has 21 heavy (non-hydrogen) atoms. The molecule has 1 aromatic carbocycles. The van der Waals surface area contributed by atoms with Crippen molar-refractivity contribution in [2.45, 2.75) is 19.3 Å². The molecule has 7 nitrogen and oxygen atoms in total. The molecule has 0 atom stereocenters. The maximum Gasteiger partial charge on any atom is 0.313 e. The van der Waals surface area contributed by atoms with E-state index in [0.717, 1.165) is 25.3 Å². The number of carbonyl (C=O) groups is 2. The molecule has 8 heteroatoms. The number of benzene rings is 1. The molecule has 0 bridgehead atoms. The van der Waals surface area contributed by atoms with Gasteiger partial charge in [0.25, 0.3) is 5.69 Å². The SMILES string of the molecule is O=C(Nc1ccc(Cl)c([N+](=O)[O-])c1)C(=O)N1CCCCC1. The summed E-state index contributed by atoms with van der Waals surface area (Å²) in [6.45, 7) is 1.13. The quantitative estimate of drug-likeness (QED) is 0.515. The number of nitrogens with zero attached hydrogens (tertiary/aromatic N) is 2. The van der Waals surface area contributed by atoms with Crippen LogP contribution in [0.4, 0.5) is 11.4 Å². The van der Waals surface area contributed by atoms with Crippen LogP contribution < -0.4 is 5.32 Å². The zero-order valence-corrected chi connectivity index (χ0v) is 11.9. The molecule has 112 valence electrons. The number of anilines is 1. The van der Waals surface area contributed by atoms with Crippen LogP contribution in [0, 0.1) is 10.1 Å². The number of halogens is 1. The highest BCUT2D eigenvalue weighted by molar-refractivity contribution is 6.39. The lowest BCUT2D eigenvalue weighted by atomic mass is 10.1. The van der Waals surface area contributed by atoms with Crippen LogP contribution >= 0.6 is 11.6 Å². The van der Waals surface area contributed by atoms with Crippen molar-refractivity contribution < 1.29 is 14.5 Å². The summed E-state index contributed by atoms with van der Waals surface area (Å²) in [5.41, 5.74) is -0.152. The number of nitro benzene ring substituents is 1. The normalized spacial score (nSPS) is 14.6. The number of likely N-dealkylation sites (tertiary alicyclic amines) is 1. The number of nitro groups is 1. The van der Waals surface area contributed by atoms with Gasteiger partial charge >= 0.3 is 11.8 Å². The molecule has 0 aromatic heterocycles. The number of carbonyl (C=O) groups excluding carboxylic acids is 2. The van der Waals surface area contributed by atoms with Gasteiger partial charge in [0.15, 0.2) is 0 Å². The first-order valence-electron chi connectivity index (χ1n) is 6.53. The van der Waals surface area contributed by atoms with Crippen LogP contribution in [-0.2, 0) is 9.59 Å². The van der Waals surface area contributed by atoms with E-state index in [4.69, 9.17) is 11.6 Å². The second-order valence-electron chi connectivity index (χ2n) is 4.73. The molecule has 1 aliphatic heterocycles. The Bertz CT molecular complexity index is 585. The molecule has 1 N–H and O–H groups in total. The van der Waals surface area contributed by atoms with E-state index in [1.807, 2.05) is 0 Å². The minimum atomic E-state index is -0.798. The van der Waals surface area contributed by atoms with Crippen molar-refractivity contribution in [2.75, 3.05) is 18.4 Å². The van der Waals surface area contributed by atoms with Gasteiger partial charge in [-0.15, -0.1) is 0 Å². The Morgan fingerprint density at radius 2 is 1.90 bits per heavy atom. The van der Waals surface area contributed by atoms with Gasteiger partial charge in [0.05, 0.1) is 4.92 Å². The molecule has 1 aromatic rings. The van der Waals surface area contributed by atoms with Crippen molar-refractivity contribution in [3.63, 3.8) is 0 Å². The molecular formula is C13H14ClN3O4. The maximum atomic E-state index is 11.9. The van der Waals surface area contributed by atoms with Crippen LogP contribution in [0.5, 0.6) is 0 Å². The van der Waals surface area contributed by atoms with Crippen molar-refractivity contribution in [2.24, 2.45) is 0 Å². The summed E-state index contributed by atoms with van der Waals surface area (Å²) in [5, 5.41) is 13.1. The summed E-state index contributed by atoms with van der Waals surface area (Å²) in [6.07, 6.45) is 2.81. The minimum Gasteiger partial charge on any atom is -0.334 e. The molecule has 0 saturated carbocycles. The number of amides is 2. The third-order valence-corrected chi connectivity index (χ3v) is 3.56. The lowest BCUT2D eigenvalue weighted by Crippen LogP contribution is -2.42. The zero-order chi connectivity index (χ0) is 15.4. The summed E-state index contributed by atoms with van der Waals surface area (Å²) < 4.78 is 0. The van der Waals surface area contributed by atoms with E-state index >= 15 is 0 Å². The lowest BCUT2D eigenvalue weighted by Gasteiger charge is -2.25. The van der Waals surface area contributed by atoms with Gasteiger partial charge in [-0.25, -0.2) is 0 Å². The fraction of sp³-hybridized carbons (Fsp3) is 0.385. The van der Waals surface area contributed by atoms with Crippen LogP contribution in [0.1, 0.15) is 19.3 Å². The largest absolute Gasteiger partial charge is 0.334 e. The summed E-state index contributed by atoms with van der Waals surface area (Å²) in [7, 11) is 0. The first kappa shape index (κ1) is 15.2.